The van der Waals surface area contributed by atoms with Crippen molar-refractivity contribution in [1.82, 2.24) is 4.90 Å². The Labute approximate surface area is 82.5 Å². The molecule has 0 aliphatic rings. The van der Waals surface area contributed by atoms with Crippen LogP contribution in [0.25, 0.3) is 0 Å². The van der Waals surface area contributed by atoms with Crippen molar-refractivity contribution in [1.29, 1.82) is 0 Å². The van der Waals surface area contributed by atoms with E-state index in [4.69, 9.17) is 5.11 Å². The third-order valence-corrected chi connectivity index (χ3v) is 1.48. The molecule has 0 aromatic carbocycles. The molecule has 1 atom stereocenters. The zero-order chi connectivity index (χ0) is 12.4. The minimum atomic E-state index is -5.19. The minimum Gasteiger partial charge on any atom is -0.479 e. The normalized spacial score (nSPS) is 13.1. The van der Waals surface area contributed by atoms with E-state index in [1.165, 1.54) is 0 Å². The SMILES string of the molecule is CC(=O)N(C(C)=O)[C@H](C(=O)O)C(F)(F)F. The average Bonchev–Trinajstić information content (AvgIpc) is 1.94. The van der Waals surface area contributed by atoms with E-state index in [9.17, 15) is 27.6 Å². The number of carboxylic acids is 1. The van der Waals surface area contributed by atoms with Gasteiger partial charge in [0.1, 0.15) is 0 Å². The lowest BCUT2D eigenvalue weighted by Crippen LogP contribution is -2.54. The lowest BCUT2D eigenvalue weighted by atomic mass is 10.2. The minimum absolute atomic E-state index is 0.345. The molecule has 1 N–H and O–H groups in total. The molecule has 0 rings (SSSR count). The average molecular weight is 227 g/mol. The summed E-state index contributed by atoms with van der Waals surface area (Å²) in [4.78, 5) is 31.4. The van der Waals surface area contributed by atoms with Crippen LogP contribution in [0.4, 0.5) is 13.2 Å². The Balaban J connectivity index is 5.31. The molecule has 15 heavy (non-hydrogen) atoms. The first kappa shape index (κ1) is 13.4. The number of rotatable bonds is 2. The molecule has 0 aromatic rings. The van der Waals surface area contributed by atoms with Crippen LogP contribution in [0.1, 0.15) is 13.8 Å². The van der Waals surface area contributed by atoms with Gasteiger partial charge in [0.05, 0.1) is 0 Å². The number of amides is 2. The van der Waals surface area contributed by atoms with E-state index in [0.717, 1.165) is 0 Å². The fraction of sp³-hybridized carbons (Fsp3) is 0.571. The first-order valence-electron chi connectivity index (χ1n) is 3.69. The largest absolute Gasteiger partial charge is 0.479 e. The molecule has 8 heteroatoms. The molecule has 0 heterocycles. The van der Waals surface area contributed by atoms with Gasteiger partial charge in [-0.1, -0.05) is 0 Å². The van der Waals surface area contributed by atoms with Crippen LogP contribution in [-0.4, -0.2) is 40.0 Å². The number of hydrogen-bond donors (Lipinski definition) is 1. The Morgan fingerprint density at radius 3 is 1.53 bits per heavy atom. The van der Waals surface area contributed by atoms with Crippen molar-refractivity contribution >= 4 is 17.8 Å². The monoisotopic (exact) mass is 227 g/mol. The van der Waals surface area contributed by atoms with Gasteiger partial charge in [-0.3, -0.25) is 14.5 Å². The highest BCUT2D eigenvalue weighted by molar-refractivity contribution is 5.97. The van der Waals surface area contributed by atoms with Gasteiger partial charge in [-0.15, -0.1) is 0 Å². The lowest BCUT2D eigenvalue weighted by Gasteiger charge is -2.26. The van der Waals surface area contributed by atoms with Crippen molar-refractivity contribution in [2.24, 2.45) is 0 Å². The Hall–Kier alpha value is -1.60. The number of nitrogens with zero attached hydrogens (tertiary/aromatic N) is 1. The highest BCUT2D eigenvalue weighted by Crippen LogP contribution is 2.25. The highest BCUT2D eigenvalue weighted by atomic mass is 19.4. The van der Waals surface area contributed by atoms with Gasteiger partial charge < -0.3 is 5.11 Å². The summed E-state index contributed by atoms with van der Waals surface area (Å²) in [5.74, 6) is -4.84. The van der Waals surface area contributed by atoms with Crippen LogP contribution >= 0.6 is 0 Å². The van der Waals surface area contributed by atoms with Crippen LogP contribution in [0.15, 0.2) is 0 Å². The maximum atomic E-state index is 12.2. The number of carbonyl (C=O) groups excluding carboxylic acids is 2. The van der Waals surface area contributed by atoms with E-state index in [0.29, 0.717) is 13.8 Å². The third kappa shape index (κ3) is 3.22. The van der Waals surface area contributed by atoms with Crippen LogP contribution in [0, 0.1) is 0 Å². The number of hydrogen-bond acceptors (Lipinski definition) is 3. The molecule has 0 fully saturated rings. The molecular weight excluding hydrogens is 219 g/mol. The van der Waals surface area contributed by atoms with E-state index < -0.39 is 30.0 Å². The van der Waals surface area contributed by atoms with Gasteiger partial charge >= 0.3 is 12.1 Å². The van der Waals surface area contributed by atoms with Gasteiger partial charge in [-0.25, -0.2) is 4.79 Å². The zero-order valence-electron chi connectivity index (χ0n) is 7.83. The predicted octanol–water partition coefficient (Wildman–Crippen LogP) is 0.397. The van der Waals surface area contributed by atoms with Gasteiger partial charge in [0.2, 0.25) is 17.9 Å². The molecule has 0 spiro atoms. The van der Waals surface area contributed by atoms with Gasteiger partial charge in [-0.2, -0.15) is 13.2 Å². The summed E-state index contributed by atoms with van der Waals surface area (Å²) in [5, 5.41) is 8.31. The van der Waals surface area contributed by atoms with Crippen molar-refractivity contribution < 1.29 is 32.7 Å². The summed E-state index contributed by atoms with van der Waals surface area (Å²) >= 11 is 0. The molecule has 0 aliphatic carbocycles. The third-order valence-electron chi connectivity index (χ3n) is 1.48. The second-order valence-electron chi connectivity index (χ2n) is 2.69. The number of carboxylic acid groups (broad SMARTS) is 1. The predicted molar refractivity (Wildman–Crippen MR) is 40.7 cm³/mol. The second kappa shape index (κ2) is 4.28. The Morgan fingerprint density at radius 1 is 1.13 bits per heavy atom. The first-order valence-corrected chi connectivity index (χ1v) is 3.69. The molecule has 86 valence electrons. The van der Waals surface area contributed by atoms with E-state index in [1.54, 1.807) is 0 Å². The van der Waals surface area contributed by atoms with Gasteiger partial charge in [0.15, 0.2) is 0 Å². The molecule has 0 bridgehead atoms. The van der Waals surface area contributed by atoms with Crippen molar-refractivity contribution in [3.8, 4) is 0 Å². The molecule has 0 saturated heterocycles. The molecule has 0 radical (unpaired) electrons. The van der Waals surface area contributed by atoms with E-state index in [2.05, 4.69) is 0 Å². The number of alkyl halides is 3. The molecule has 0 aliphatic heterocycles. The second-order valence-corrected chi connectivity index (χ2v) is 2.69. The quantitative estimate of drug-likeness (QED) is 0.740. The lowest BCUT2D eigenvalue weighted by molar-refractivity contribution is -0.203. The Kier molecular flexibility index (Phi) is 3.83. The Morgan fingerprint density at radius 2 is 1.47 bits per heavy atom. The molecule has 5 nitrogen and oxygen atoms in total. The maximum absolute atomic E-state index is 12.2. The number of aliphatic carboxylic acids is 1. The summed E-state index contributed by atoms with van der Waals surface area (Å²) in [6.07, 6.45) is -5.19. The summed E-state index contributed by atoms with van der Waals surface area (Å²) in [7, 11) is 0. The van der Waals surface area contributed by atoms with Crippen LogP contribution in [0.3, 0.4) is 0 Å². The number of imide groups is 1. The van der Waals surface area contributed by atoms with Crippen LogP contribution < -0.4 is 0 Å². The molecule has 0 aromatic heterocycles. The van der Waals surface area contributed by atoms with Crippen molar-refractivity contribution in [3.63, 3.8) is 0 Å². The van der Waals surface area contributed by atoms with Gasteiger partial charge in [-0.05, 0) is 0 Å². The summed E-state index contributed by atoms with van der Waals surface area (Å²) < 4.78 is 36.6. The van der Waals surface area contributed by atoms with Crippen molar-refractivity contribution in [2.45, 2.75) is 26.1 Å². The van der Waals surface area contributed by atoms with E-state index in [1.807, 2.05) is 0 Å². The van der Waals surface area contributed by atoms with Gasteiger partial charge in [0.25, 0.3) is 0 Å². The highest BCUT2D eigenvalue weighted by Gasteiger charge is 2.51. The van der Waals surface area contributed by atoms with Crippen LogP contribution in [0.5, 0.6) is 0 Å². The number of halogens is 3. The smallest absolute Gasteiger partial charge is 0.420 e. The van der Waals surface area contributed by atoms with Crippen LogP contribution in [-0.2, 0) is 14.4 Å². The standard InChI is InChI=1S/C7H8F3NO4/c1-3(12)11(4(2)13)5(6(14)15)7(8,9)10/h5H,1-2H3,(H,14,15)/t5-/m1/s1. The topological polar surface area (TPSA) is 74.7 Å². The summed E-state index contributed by atoms with van der Waals surface area (Å²) in [6.45, 7) is 1.37. The Bertz CT molecular complexity index is 285. The van der Waals surface area contributed by atoms with Crippen molar-refractivity contribution in [2.75, 3.05) is 0 Å². The fourth-order valence-corrected chi connectivity index (χ4v) is 0.982. The molecule has 2 amide bonds. The van der Waals surface area contributed by atoms with E-state index in [-0.39, 0.29) is 4.90 Å². The maximum Gasteiger partial charge on any atom is 0.420 e. The molecule has 0 unspecified atom stereocenters. The molecular formula is C7H8F3NO4. The first-order chi connectivity index (χ1) is 6.59. The fourth-order valence-electron chi connectivity index (χ4n) is 0.982. The number of carbonyl (C=O) groups is 3. The zero-order valence-corrected chi connectivity index (χ0v) is 7.83. The summed E-state index contributed by atoms with van der Waals surface area (Å²) in [6, 6.07) is -3.13. The van der Waals surface area contributed by atoms with Crippen LogP contribution in [0.2, 0.25) is 0 Å². The van der Waals surface area contributed by atoms with Crippen molar-refractivity contribution in [3.05, 3.63) is 0 Å². The van der Waals surface area contributed by atoms with E-state index >= 15 is 0 Å². The molecule has 0 saturated carbocycles. The summed E-state index contributed by atoms with van der Waals surface area (Å²) in [5.41, 5.74) is 0. The van der Waals surface area contributed by atoms with Gasteiger partial charge in [0, 0.05) is 13.8 Å².